The molecule has 0 unspecified atom stereocenters. The van der Waals surface area contributed by atoms with Crippen molar-refractivity contribution in [1.82, 2.24) is 14.6 Å². The maximum atomic E-state index is 11.5. The highest BCUT2D eigenvalue weighted by Gasteiger charge is 2.21. The molecule has 2 heterocycles. The van der Waals surface area contributed by atoms with Crippen LogP contribution in [-0.4, -0.2) is 25.7 Å². The lowest BCUT2D eigenvalue weighted by atomic mass is 10.1. The average Bonchev–Trinajstić information content (AvgIpc) is 2.78. The van der Waals surface area contributed by atoms with Crippen molar-refractivity contribution in [1.29, 1.82) is 0 Å². The van der Waals surface area contributed by atoms with Crippen LogP contribution < -0.4 is 0 Å². The molecule has 0 spiro atoms. The van der Waals surface area contributed by atoms with Gasteiger partial charge >= 0.3 is 5.97 Å². The SMILES string of the molecule is Cc1cnc2c(C(=O)O)c(-c3ccccc3)nn2c1. The van der Waals surface area contributed by atoms with Gasteiger partial charge in [0.25, 0.3) is 0 Å². The first-order chi connectivity index (χ1) is 9.16. The lowest BCUT2D eigenvalue weighted by Crippen LogP contribution is -1.99. The van der Waals surface area contributed by atoms with Crippen molar-refractivity contribution in [3.63, 3.8) is 0 Å². The summed E-state index contributed by atoms with van der Waals surface area (Å²) in [6.07, 6.45) is 3.40. The molecule has 0 aliphatic rings. The number of benzene rings is 1. The van der Waals surface area contributed by atoms with E-state index in [2.05, 4.69) is 10.1 Å². The fraction of sp³-hybridized carbons (Fsp3) is 0.0714. The van der Waals surface area contributed by atoms with Crippen LogP contribution in [0.4, 0.5) is 0 Å². The highest BCUT2D eigenvalue weighted by Crippen LogP contribution is 2.25. The number of rotatable bonds is 2. The van der Waals surface area contributed by atoms with Gasteiger partial charge in [-0.15, -0.1) is 0 Å². The molecular formula is C14H11N3O2. The summed E-state index contributed by atoms with van der Waals surface area (Å²) >= 11 is 0. The smallest absolute Gasteiger partial charge is 0.341 e. The molecule has 1 N–H and O–H groups in total. The van der Waals surface area contributed by atoms with Crippen molar-refractivity contribution in [2.75, 3.05) is 0 Å². The highest BCUT2D eigenvalue weighted by molar-refractivity contribution is 6.01. The van der Waals surface area contributed by atoms with E-state index in [0.717, 1.165) is 11.1 Å². The van der Waals surface area contributed by atoms with Gasteiger partial charge in [0.1, 0.15) is 11.3 Å². The Kier molecular flexibility index (Phi) is 2.52. The van der Waals surface area contributed by atoms with E-state index < -0.39 is 5.97 Å². The third-order valence-corrected chi connectivity index (χ3v) is 2.86. The fourth-order valence-electron chi connectivity index (χ4n) is 2.02. The minimum atomic E-state index is -1.02. The van der Waals surface area contributed by atoms with Gasteiger partial charge in [-0.25, -0.2) is 14.3 Å². The van der Waals surface area contributed by atoms with E-state index in [1.165, 1.54) is 4.52 Å². The molecule has 5 heteroatoms. The van der Waals surface area contributed by atoms with Gasteiger partial charge in [0, 0.05) is 18.0 Å². The van der Waals surface area contributed by atoms with E-state index in [1.807, 2.05) is 37.3 Å². The van der Waals surface area contributed by atoms with Gasteiger partial charge in [0.05, 0.1) is 0 Å². The number of fused-ring (bicyclic) bond motifs is 1. The standard InChI is InChI=1S/C14H11N3O2/c1-9-7-15-13-11(14(18)19)12(16-17(13)8-9)10-5-3-2-4-6-10/h2-8H,1H3,(H,18,19). The van der Waals surface area contributed by atoms with Crippen molar-refractivity contribution >= 4 is 11.6 Å². The van der Waals surface area contributed by atoms with E-state index in [1.54, 1.807) is 12.4 Å². The summed E-state index contributed by atoms with van der Waals surface area (Å²) in [5.41, 5.74) is 2.61. The summed E-state index contributed by atoms with van der Waals surface area (Å²) in [6.45, 7) is 1.89. The van der Waals surface area contributed by atoms with Crippen molar-refractivity contribution in [2.45, 2.75) is 6.92 Å². The third kappa shape index (κ3) is 1.85. The van der Waals surface area contributed by atoms with Crippen LogP contribution >= 0.6 is 0 Å². The molecule has 94 valence electrons. The molecule has 0 radical (unpaired) electrons. The highest BCUT2D eigenvalue weighted by atomic mass is 16.4. The van der Waals surface area contributed by atoms with E-state index in [0.29, 0.717) is 11.3 Å². The fourth-order valence-corrected chi connectivity index (χ4v) is 2.02. The number of aromatic carboxylic acids is 1. The second kappa shape index (κ2) is 4.20. The third-order valence-electron chi connectivity index (χ3n) is 2.86. The van der Waals surface area contributed by atoms with Crippen molar-refractivity contribution in [3.05, 3.63) is 53.9 Å². The van der Waals surface area contributed by atoms with Gasteiger partial charge in [-0.3, -0.25) is 0 Å². The molecule has 0 amide bonds. The van der Waals surface area contributed by atoms with Crippen LogP contribution in [0, 0.1) is 6.92 Å². The van der Waals surface area contributed by atoms with Gasteiger partial charge in [0.2, 0.25) is 0 Å². The quantitative estimate of drug-likeness (QED) is 0.761. The van der Waals surface area contributed by atoms with Crippen molar-refractivity contribution in [2.24, 2.45) is 0 Å². The largest absolute Gasteiger partial charge is 0.477 e. The summed E-state index contributed by atoms with van der Waals surface area (Å²) in [5, 5.41) is 13.7. The van der Waals surface area contributed by atoms with Crippen LogP contribution in [0.3, 0.4) is 0 Å². The van der Waals surface area contributed by atoms with Crippen LogP contribution in [0.25, 0.3) is 16.9 Å². The number of nitrogens with zero attached hydrogens (tertiary/aromatic N) is 3. The predicted octanol–water partition coefficient (Wildman–Crippen LogP) is 2.40. The first kappa shape index (κ1) is 11.4. The number of carboxylic acids is 1. The molecule has 0 fully saturated rings. The topological polar surface area (TPSA) is 67.5 Å². The Morgan fingerprint density at radius 3 is 2.68 bits per heavy atom. The normalized spacial score (nSPS) is 10.8. The van der Waals surface area contributed by atoms with E-state index >= 15 is 0 Å². The molecular weight excluding hydrogens is 242 g/mol. The first-order valence-corrected chi connectivity index (χ1v) is 5.80. The molecule has 0 saturated carbocycles. The minimum absolute atomic E-state index is 0.131. The molecule has 0 atom stereocenters. The zero-order chi connectivity index (χ0) is 13.4. The summed E-state index contributed by atoms with van der Waals surface area (Å²) in [4.78, 5) is 15.6. The number of aromatic nitrogens is 3. The lowest BCUT2D eigenvalue weighted by Gasteiger charge is -1.97. The van der Waals surface area contributed by atoms with Gasteiger partial charge < -0.3 is 5.11 Å². The maximum Gasteiger partial charge on any atom is 0.341 e. The van der Waals surface area contributed by atoms with Crippen molar-refractivity contribution in [3.8, 4) is 11.3 Å². The molecule has 0 aliphatic carbocycles. The molecule has 0 aliphatic heterocycles. The Hall–Kier alpha value is -2.69. The van der Waals surface area contributed by atoms with Gasteiger partial charge in [-0.1, -0.05) is 30.3 Å². The number of hydrogen-bond acceptors (Lipinski definition) is 3. The first-order valence-electron chi connectivity index (χ1n) is 5.80. The van der Waals surface area contributed by atoms with Gasteiger partial charge in [-0.2, -0.15) is 5.10 Å². The summed E-state index contributed by atoms with van der Waals surface area (Å²) in [7, 11) is 0. The zero-order valence-corrected chi connectivity index (χ0v) is 10.2. The van der Waals surface area contributed by atoms with Crippen LogP contribution in [0.15, 0.2) is 42.7 Å². The number of aryl methyl sites for hydroxylation is 1. The monoisotopic (exact) mass is 253 g/mol. The van der Waals surface area contributed by atoms with E-state index in [4.69, 9.17) is 0 Å². The van der Waals surface area contributed by atoms with Crippen molar-refractivity contribution < 1.29 is 9.90 Å². The van der Waals surface area contributed by atoms with E-state index in [9.17, 15) is 9.90 Å². The summed E-state index contributed by atoms with van der Waals surface area (Å²) in [5.74, 6) is -1.02. The maximum absolute atomic E-state index is 11.5. The predicted molar refractivity (Wildman–Crippen MR) is 70.1 cm³/mol. The van der Waals surface area contributed by atoms with Crippen LogP contribution in [0.2, 0.25) is 0 Å². The lowest BCUT2D eigenvalue weighted by molar-refractivity contribution is 0.0699. The Morgan fingerprint density at radius 2 is 2.00 bits per heavy atom. The molecule has 2 aromatic heterocycles. The molecule has 1 aromatic carbocycles. The molecule has 5 nitrogen and oxygen atoms in total. The second-order valence-corrected chi connectivity index (χ2v) is 4.29. The number of hydrogen-bond donors (Lipinski definition) is 1. The average molecular weight is 253 g/mol. The number of carbonyl (C=O) groups is 1. The van der Waals surface area contributed by atoms with Crippen LogP contribution in [0.5, 0.6) is 0 Å². The Morgan fingerprint density at radius 1 is 1.26 bits per heavy atom. The molecule has 0 saturated heterocycles. The Labute approximate surface area is 109 Å². The minimum Gasteiger partial charge on any atom is -0.477 e. The van der Waals surface area contributed by atoms with Gasteiger partial charge in [0.15, 0.2) is 5.65 Å². The molecule has 3 aromatic rings. The van der Waals surface area contributed by atoms with Gasteiger partial charge in [-0.05, 0) is 12.5 Å². The summed E-state index contributed by atoms with van der Waals surface area (Å²) in [6, 6.07) is 9.25. The molecule has 0 bridgehead atoms. The van der Waals surface area contributed by atoms with Crippen LogP contribution in [0.1, 0.15) is 15.9 Å². The number of carboxylic acid groups (broad SMARTS) is 1. The summed E-state index contributed by atoms with van der Waals surface area (Å²) < 4.78 is 1.52. The molecule has 3 rings (SSSR count). The Bertz CT molecular complexity index is 763. The second-order valence-electron chi connectivity index (χ2n) is 4.29. The van der Waals surface area contributed by atoms with E-state index in [-0.39, 0.29) is 5.56 Å². The zero-order valence-electron chi connectivity index (χ0n) is 10.2. The molecule has 19 heavy (non-hydrogen) atoms. The van der Waals surface area contributed by atoms with Crippen LogP contribution in [-0.2, 0) is 0 Å². The Balaban J connectivity index is 2.35.